The molecule has 3 heterocycles. The van der Waals surface area contributed by atoms with Crippen molar-refractivity contribution in [3.05, 3.63) is 43.0 Å². The highest BCUT2D eigenvalue weighted by atomic mass is 16.5. The lowest BCUT2D eigenvalue weighted by Gasteiger charge is -1.89. The van der Waals surface area contributed by atoms with Crippen molar-refractivity contribution in [3.8, 4) is 23.0 Å². The Kier molecular flexibility index (Phi) is 2.00. The zero-order valence-electron chi connectivity index (χ0n) is 8.20. The molecule has 0 saturated heterocycles. The summed E-state index contributed by atoms with van der Waals surface area (Å²) in [5.41, 5.74) is 1.44. The van der Waals surface area contributed by atoms with Gasteiger partial charge in [-0.1, -0.05) is 11.2 Å². The SMILES string of the molecule is c1ccc(-c2noc(-c3ccoc3)n2)nc1. The van der Waals surface area contributed by atoms with E-state index in [9.17, 15) is 0 Å². The average Bonchev–Trinajstić information content (AvgIpc) is 3.01. The monoisotopic (exact) mass is 213 g/mol. The molecule has 0 saturated carbocycles. The summed E-state index contributed by atoms with van der Waals surface area (Å²) in [6.07, 6.45) is 4.79. The fourth-order valence-electron chi connectivity index (χ4n) is 1.33. The van der Waals surface area contributed by atoms with Crippen LogP contribution in [0.15, 0.2) is 51.9 Å². The molecule has 3 aromatic rings. The first kappa shape index (κ1) is 8.84. The highest BCUT2D eigenvalue weighted by Crippen LogP contribution is 2.20. The lowest BCUT2D eigenvalue weighted by molar-refractivity contribution is 0.431. The van der Waals surface area contributed by atoms with E-state index < -0.39 is 0 Å². The van der Waals surface area contributed by atoms with Crippen LogP contribution in [0.3, 0.4) is 0 Å². The lowest BCUT2D eigenvalue weighted by atomic mass is 10.3. The van der Waals surface area contributed by atoms with E-state index in [1.807, 2.05) is 18.2 Å². The van der Waals surface area contributed by atoms with Gasteiger partial charge in [-0.2, -0.15) is 4.98 Å². The second-order valence-electron chi connectivity index (χ2n) is 3.15. The van der Waals surface area contributed by atoms with Crippen molar-refractivity contribution in [2.45, 2.75) is 0 Å². The zero-order valence-corrected chi connectivity index (χ0v) is 8.20. The van der Waals surface area contributed by atoms with Crippen LogP contribution in [0, 0.1) is 0 Å². The van der Waals surface area contributed by atoms with Crippen LogP contribution in [0.25, 0.3) is 23.0 Å². The summed E-state index contributed by atoms with van der Waals surface area (Å²) in [7, 11) is 0. The van der Waals surface area contributed by atoms with Crippen molar-refractivity contribution in [1.82, 2.24) is 15.1 Å². The molecular weight excluding hydrogens is 206 g/mol. The van der Waals surface area contributed by atoms with Crippen molar-refractivity contribution in [2.24, 2.45) is 0 Å². The van der Waals surface area contributed by atoms with Crippen molar-refractivity contribution in [1.29, 1.82) is 0 Å². The van der Waals surface area contributed by atoms with E-state index in [0.717, 1.165) is 5.56 Å². The molecule has 0 radical (unpaired) electrons. The Morgan fingerprint density at radius 3 is 2.88 bits per heavy atom. The Labute approximate surface area is 90.7 Å². The molecule has 0 amide bonds. The topological polar surface area (TPSA) is 65.0 Å². The molecule has 0 unspecified atom stereocenters. The highest BCUT2D eigenvalue weighted by Gasteiger charge is 2.11. The van der Waals surface area contributed by atoms with Crippen LogP contribution >= 0.6 is 0 Å². The Bertz CT molecular complexity index is 572. The van der Waals surface area contributed by atoms with Crippen molar-refractivity contribution < 1.29 is 8.94 Å². The number of nitrogens with zero attached hydrogens (tertiary/aromatic N) is 3. The summed E-state index contributed by atoms with van der Waals surface area (Å²) >= 11 is 0. The van der Waals surface area contributed by atoms with Crippen LogP contribution in [0.1, 0.15) is 0 Å². The minimum atomic E-state index is 0.425. The maximum Gasteiger partial charge on any atom is 0.261 e. The second-order valence-corrected chi connectivity index (χ2v) is 3.15. The van der Waals surface area contributed by atoms with Crippen LogP contribution in [0.4, 0.5) is 0 Å². The molecule has 3 aromatic heterocycles. The van der Waals surface area contributed by atoms with Crippen molar-refractivity contribution >= 4 is 0 Å². The second kappa shape index (κ2) is 3.62. The summed E-state index contributed by atoms with van der Waals surface area (Å²) in [5, 5.41) is 3.85. The first-order valence-corrected chi connectivity index (χ1v) is 4.71. The van der Waals surface area contributed by atoms with Crippen LogP contribution in [0.5, 0.6) is 0 Å². The minimum absolute atomic E-state index is 0.425. The van der Waals surface area contributed by atoms with Crippen LogP contribution in [-0.4, -0.2) is 15.1 Å². The maximum absolute atomic E-state index is 5.10. The molecular formula is C11H7N3O2. The van der Waals surface area contributed by atoms with Crippen molar-refractivity contribution in [2.75, 3.05) is 0 Å². The number of hydrogen-bond acceptors (Lipinski definition) is 5. The molecule has 16 heavy (non-hydrogen) atoms. The Morgan fingerprint density at radius 1 is 1.12 bits per heavy atom. The summed E-state index contributed by atoms with van der Waals surface area (Å²) in [5.74, 6) is 0.895. The van der Waals surface area contributed by atoms with Gasteiger partial charge in [-0.25, -0.2) is 0 Å². The first-order chi connectivity index (χ1) is 7.93. The maximum atomic E-state index is 5.10. The third kappa shape index (κ3) is 1.48. The van der Waals surface area contributed by atoms with Gasteiger partial charge in [-0.15, -0.1) is 0 Å². The van der Waals surface area contributed by atoms with Gasteiger partial charge in [0.2, 0.25) is 5.82 Å². The summed E-state index contributed by atoms with van der Waals surface area (Å²) in [6, 6.07) is 7.29. The van der Waals surface area contributed by atoms with E-state index in [0.29, 0.717) is 17.4 Å². The van der Waals surface area contributed by atoms with Crippen molar-refractivity contribution in [3.63, 3.8) is 0 Å². The standard InChI is InChI=1S/C11H7N3O2/c1-2-5-12-9(3-1)10-13-11(16-14-10)8-4-6-15-7-8/h1-7H. The average molecular weight is 213 g/mol. The number of hydrogen-bond donors (Lipinski definition) is 0. The molecule has 78 valence electrons. The molecule has 3 rings (SSSR count). The Balaban J connectivity index is 2.00. The quantitative estimate of drug-likeness (QED) is 0.653. The molecule has 0 atom stereocenters. The van der Waals surface area contributed by atoms with Gasteiger partial charge in [0.25, 0.3) is 5.89 Å². The van der Waals surface area contributed by atoms with Crippen LogP contribution < -0.4 is 0 Å². The van der Waals surface area contributed by atoms with E-state index in [2.05, 4.69) is 15.1 Å². The molecule has 0 aromatic carbocycles. The van der Waals surface area contributed by atoms with E-state index in [1.54, 1.807) is 24.8 Å². The zero-order chi connectivity index (χ0) is 10.8. The predicted octanol–water partition coefficient (Wildman–Crippen LogP) is 2.39. The molecule has 0 N–H and O–H groups in total. The van der Waals surface area contributed by atoms with Gasteiger partial charge in [0.05, 0.1) is 11.8 Å². The van der Waals surface area contributed by atoms with Crippen LogP contribution in [0.2, 0.25) is 0 Å². The predicted molar refractivity (Wildman–Crippen MR) is 55.2 cm³/mol. The molecule has 0 aliphatic heterocycles. The normalized spacial score (nSPS) is 10.5. The molecule has 0 aliphatic carbocycles. The smallest absolute Gasteiger partial charge is 0.261 e. The fraction of sp³-hybridized carbons (Fsp3) is 0. The largest absolute Gasteiger partial charge is 0.472 e. The molecule has 5 heteroatoms. The minimum Gasteiger partial charge on any atom is -0.472 e. The third-order valence-electron chi connectivity index (χ3n) is 2.09. The summed E-state index contributed by atoms with van der Waals surface area (Å²) in [4.78, 5) is 8.36. The van der Waals surface area contributed by atoms with Gasteiger partial charge in [0, 0.05) is 6.20 Å². The number of rotatable bonds is 2. The molecule has 0 bridgehead atoms. The van der Waals surface area contributed by atoms with Gasteiger partial charge < -0.3 is 8.94 Å². The lowest BCUT2D eigenvalue weighted by Crippen LogP contribution is -1.83. The summed E-state index contributed by atoms with van der Waals surface area (Å²) in [6.45, 7) is 0. The summed E-state index contributed by atoms with van der Waals surface area (Å²) < 4.78 is 10.0. The van der Waals surface area contributed by atoms with Gasteiger partial charge >= 0.3 is 0 Å². The molecule has 0 fully saturated rings. The van der Waals surface area contributed by atoms with Gasteiger partial charge in [0.15, 0.2) is 0 Å². The fourth-order valence-corrected chi connectivity index (χ4v) is 1.33. The highest BCUT2D eigenvalue weighted by molar-refractivity contribution is 5.55. The third-order valence-corrected chi connectivity index (χ3v) is 2.09. The first-order valence-electron chi connectivity index (χ1n) is 4.71. The number of aromatic nitrogens is 3. The Hall–Kier alpha value is -2.43. The van der Waals surface area contributed by atoms with Gasteiger partial charge in [-0.05, 0) is 18.2 Å². The number of pyridine rings is 1. The van der Waals surface area contributed by atoms with E-state index >= 15 is 0 Å². The van der Waals surface area contributed by atoms with Gasteiger partial charge in [0.1, 0.15) is 12.0 Å². The van der Waals surface area contributed by atoms with Gasteiger partial charge in [-0.3, -0.25) is 4.98 Å². The number of furan rings is 1. The molecule has 5 nitrogen and oxygen atoms in total. The van der Waals surface area contributed by atoms with Crippen LogP contribution in [-0.2, 0) is 0 Å². The molecule has 0 spiro atoms. The van der Waals surface area contributed by atoms with E-state index in [4.69, 9.17) is 8.94 Å². The Morgan fingerprint density at radius 2 is 2.12 bits per heavy atom. The molecule has 0 aliphatic rings. The van der Waals surface area contributed by atoms with E-state index in [-0.39, 0.29) is 0 Å². The van der Waals surface area contributed by atoms with E-state index in [1.165, 1.54) is 0 Å².